The molecule has 6 heteroatoms. The van der Waals surface area contributed by atoms with Gasteiger partial charge in [-0.3, -0.25) is 9.69 Å². The Hall–Kier alpha value is -2.86. The zero-order valence-electron chi connectivity index (χ0n) is 17.4. The van der Waals surface area contributed by atoms with E-state index in [0.717, 1.165) is 24.4 Å². The highest BCUT2D eigenvalue weighted by atomic mass is 19.1. The third kappa shape index (κ3) is 6.32. The molecular formula is C23H29FN2O3. The van der Waals surface area contributed by atoms with Crippen LogP contribution in [0, 0.1) is 5.82 Å². The molecule has 2 aromatic rings. The molecule has 0 radical (unpaired) electrons. The van der Waals surface area contributed by atoms with E-state index in [-0.39, 0.29) is 17.7 Å². The minimum absolute atomic E-state index is 0.0240. The normalized spacial score (nSPS) is 12.2. The number of methoxy groups -OCH3 is 2. The van der Waals surface area contributed by atoms with Gasteiger partial charge in [0.15, 0.2) is 11.6 Å². The predicted octanol–water partition coefficient (Wildman–Crippen LogP) is 4.06. The van der Waals surface area contributed by atoms with Crippen molar-refractivity contribution in [2.24, 2.45) is 0 Å². The van der Waals surface area contributed by atoms with Gasteiger partial charge in [-0.1, -0.05) is 32.0 Å². The molecule has 0 aromatic heterocycles. The molecule has 0 saturated heterocycles. The van der Waals surface area contributed by atoms with Crippen molar-refractivity contribution < 1.29 is 18.7 Å². The minimum Gasteiger partial charge on any atom is -0.497 e. The van der Waals surface area contributed by atoms with Crippen LogP contribution in [0.5, 0.6) is 11.5 Å². The fraction of sp³-hybridized carbons (Fsp3) is 0.348. The molecule has 1 amide bonds. The SMILES string of the molecule is CCN(CC)C(CNC(=O)/C=C/c1ccc(OC)c(F)c1)c1cccc(OC)c1. The topological polar surface area (TPSA) is 50.8 Å². The van der Waals surface area contributed by atoms with E-state index in [9.17, 15) is 9.18 Å². The van der Waals surface area contributed by atoms with Crippen LogP contribution in [0.3, 0.4) is 0 Å². The Morgan fingerprint density at radius 3 is 2.52 bits per heavy atom. The van der Waals surface area contributed by atoms with Crippen molar-refractivity contribution in [2.75, 3.05) is 33.9 Å². The van der Waals surface area contributed by atoms with Gasteiger partial charge in [0.25, 0.3) is 0 Å². The lowest BCUT2D eigenvalue weighted by Gasteiger charge is -2.30. The second-order valence-electron chi connectivity index (χ2n) is 6.49. The van der Waals surface area contributed by atoms with E-state index in [0.29, 0.717) is 12.1 Å². The number of halogens is 1. The van der Waals surface area contributed by atoms with Crippen molar-refractivity contribution in [2.45, 2.75) is 19.9 Å². The van der Waals surface area contributed by atoms with Gasteiger partial charge in [0, 0.05) is 12.6 Å². The highest BCUT2D eigenvalue weighted by molar-refractivity contribution is 5.91. The van der Waals surface area contributed by atoms with Crippen LogP contribution in [0.15, 0.2) is 48.5 Å². The van der Waals surface area contributed by atoms with E-state index < -0.39 is 5.82 Å². The standard InChI is InChI=1S/C23H29FN2O3/c1-5-26(6-2)21(18-8-7-9-19(15-18)28-3)16-25-23(27)13-11-17-10-12-22(29-4)20(24)14-17/h7-15,21H,5-6,16H2,1-4H3,(H,25,27)/b13-11+. The summed E-state index contributed by atoms with van der Waals surface area (Å²) in [6.45, 7) is 6.35. The van der Waals surface area contributed by atoms with Gasteiger partial charge in [-0.25, -0.2) is 4.39 Å². The number of amides is 1. The predicted molar refractivity (Wildman–Crippen MR) is 114 cm³/mol. The van der Waals surface area contributed by atoms with Crippen LogP contribution in [0.1, 0.15) is 31.0 Å². The van der Waals surface area contributed by atoms with E-state index in [1.807, 2.05) is 24.3 Å². The quantitative estimate of drug-likeness (QED) is 0.611. The first kappa shape index (κ1) is 22.4. The Bertz CT molecular complexity index is 835. The summed E-state index contributed by atoms with van der Waals surface area (Å²) < 4.78 is 24.0. The van der Waals surface area contributed by atoms with Crippen molar-refractivity contribution >= 4 is 12.0 Å². The number of benzene rings is 2. The van der Waals surface area contributed by atoms with Crippen molar-refractivity contribution in [3.8, 4) is 11.5 Å². The summed E-state index contributed by atoms with van der Waals surface area (Å²) in [7, 11) is 3.05. The number of ether oxygens (including phenoxy) is 2. The molecule has 0 saturated carbocycles. The van der Waals surface area contributed by atoms with Crippen LogP contribution in [0.25, 0.3) is 6.08 Å². The number of rotatable bonds is 10. The minimum atomic E-state index is -0.463. The molecular weight excluding hydrogens is 371 g/mol. The number of hydrogen-bond acceptors (Lipinski definition) is 4. The Labute approximate surface area is 172 Å². The zero-order valence-corrected chi connectivity index (χ0v) is 17.4. The molecule has 0 aliphatic rings. The third-order valence-electron chi connectivity index (χ3n) is 4.80. The van der Waals surface area contributed by atoms with Crippen molar-refractivity contribution in [1.82, 2.24) is 10.2 Å². The van der Waals surface area contributed by atoms with Gasteiger partial charge in [-0.15, -0.1) is 0 Å². The van der Waals surface area contributed by atoms with Gasteiger partial charge in [0.2, 0.25) is 5.91 Å². The van der Waals surface area contributed by atoms with E-state index >= 15 is 0 Å². The second kappa shape index (κ2) is 11.2. The van der Waals surface area contributed by atoms with Crippen LogP contribution in [0.4, 0.5) is 4.39 Å². The molecule has 29 heavy (non-hydrogen) atoms. The van der Waals surface area contributed by atoms with E-state index in [4.69, 9.17) is 9.47 Å². The summed E-state index contributed by atoms with van der Waals surface area (Å²) in [4.78, 5) is 14.6. The largest absolute Gasteiger partial charge is 0.497 e. The number of likely N-dealkylation sites (N-methyl/N-ethyl adjacent to an activating group) is 1. The average Bonchev–Trinajstić information content (AvgIpc) is 2.75. The maximum atomic E-state index is 13.8. The second-order valence-corrected chi connectivity index (χ2v) is 6.49. The van der Waals surface area contributed by atoms with Crippen molar-refractivity contribution in [3.05, 3.63) is 65.5 Å². The number of hydrogen-bond donors (Lipinski definition) is 1. The number of nitrogens with zero attached hydrogens (tertiary/aromatic N) is 1. The summed E-state index contributed by atoms with van der Waals surface area (Å²) in [6.07, 6.45) is 2.99. The lowest BCUT2D eigenvalue weighted by molar-refractivity contribution is -0.116. The summed E-state index contributed by atoms with van der Waals surface area (Å²) in [5.41, 5.74) is 1.67. The van der Waals surface area contributed by atoms with Crippen LogP contribution in [-0.2, 0) is 4.79 Å². The maximum absolute atomic E-state index is 13.8. The first-order valence-electron chi connectivity index (χ1n) is 9.69. The van der Waals surface area contributed by atoms with Gasteiger partial charge < -0.3 is 14.8 Å². The van der Waals surface area contributed by atoms with Crippen molar-refractivity contribution in [1.29, 1.82) is 0 Å². The number of carbonyl (C=O) groups excluding carboxylic acids is 1. The fourth-order valence-corrected chi connectivity index (χ4v) is 3.19. The lowest BCUT2D eigenvalue weighted by Crippen LogP contribution is -2.37. The maximum Gasteiger partial charge on any atom is 0.244 e. The van der Waals surface area contributed by atoms with Crippen molar-refractivity contribution in [3.63, 3.8) is 0 Å². The number of nitrogens with one attached hydrogen (secondary N) is 1. The fourth-order valence-electron chi connectivity index (χ4n) is 3.19. The summed E-state index contributed by atoms with van der Waals surface area (Å²) in [5, 5.41) is 2.95. The first-order valence-corrected chi connectivity index (χ1v) is 9.69. The van der Waals surface area contributed by atoms with Crippen LogP contribution < -0.4 is 14.8 Å². The molecule has 0 aliphatic heterocycles. The Balaban J connectivity index is 2.07. The van der Waals surface area contributed by atoms with E-state index in [1.54, 1.807) is 19.3 Å². The Morgan fingerprint density at radius 2 is 1.90 bits per heavy atom. The molecule has 156 valence electrons. The molecule has 0 spiro atoms. The number of carbonyl (C=O) groups is 1. The third-order valence-corrected chi connectivity index (χ3v) is 4.80. The van der Waals surface area contributed by atoms with Gasteiger partial charge in [0.05, 0.1) is 20.3 Å². The molecule has 1 unspecified atom stereocenters. The Kier molecular flexibility index (Phi) is 8.68. The lowest BCUT2D eigenvalue weighted by atomic mass is 10.0. The van der Waals surface area contributed by atoms with E-state index in [1.165, 1.54) is 25.3 Å². The molecule has 0 aliphatic carbocycles. The molecule has 0 heterocycles. The molecule has 0 fully saturated rings. The molecule has 0 bridgehead atoms. The summed E-state index contributed by atoms with van der Waals surface area (Å²) >= 11 is 0. The van der Waals surface area contributed by atoms with Gasteiger partial charge in [-0.05, 0) is 54.6 Å². The highest BCUT2D eigenvalue weighted by Gasteiger charge is 2.19. The van der Waals surface area contributed by atoms with E-state index in [2.05, 4.69) is 24.1 Å². The zero-order chi connectivity index (χ0) is 21.2. The molecule has 2 aromatic carbocycles. The van der Waals surface area contributed by atoms with Gasteiger partial charge in [0.1, 0.15) is 5.75 Å². The average molecular weight is 400 g/mol. The van der Waals surface area contributed by atoms with Gasteiger partial charge in [-0.2, -0.15) is 0 Å². The van der Waals surface area contributed by atoms with Gasteiger partial charge >= 0.3 is 0 Å². The summed E-state index contributed by atoms with van der Waals surface area (Å²) in [6, 6.07) is 12.5. The molecule has 1 atom stereocenters. The monoisotopic (exact) mass is 400 g/mol. The smallest absolute Gasteiger partial charge is 0.244 e. The highest BCUT2D eigenvalue weighted by Crippen LogP contribution is 2.24. The first-order chi connectivity index (χ1) is 14.0. The van der Waals surface area contributed by atoms with Crippen LogP contribution in [0.2, 0.25) is 0 Å². The van der Waals surface area contributed by atoms with Crippen LogP contribution in [-0.4, -0.2) is 44.7 Å². The van der Waals surface area contributed by atoms with Crippen LogP contribution >= 0.6 is 0 Å². The Morgan fingerprint density at radius 1 is 1.14 bits per heavy atom. The molecule has 2 rings (SSSR count). The molecule has 5 nitrogen and oxygen atoms in total. The molecule has 1 N–H and O–H groups in total. The summed E-state index contributed by atoms with van der Waals surface area (Å²) in [5.74, 6) is 0.260.